The minimum atomic E-state index is -1.21. The average molecular weight is 278 g/mol. The van der Waals surface area contributed by atoms with E-state index < -0.39 is 17.8 Å². The highest BCUT2D eigenvalue weighted by Crippen LogP contribution is 2.32. The van der Waals surface area contributed by atoms with E-state index in [1.54, 1.807) is 0 Å². The molecule has 0 heterocycles. The lowest BCUT2D eigenvalue weighted by atomic mass is 10.1. The molecule has 1 atom stereocenters. The number of phenols is 1. The molecule has 1 aromatic carbocycles. The third-order valence-electron chi connectivity index (χ3n) is 1.85. The Balaban J connectivity index is 3.19. The molecule has 0 aliphatic rings. The number of nitrogens with two attached hydrogens (primary N) is 1. The summed E-state index contributed by atoms with van der Waals surface area (Å²) in [5.74, 6) is -1.62. The number of halogens is 2. The van der Waals surface area contributed by atoms with E-state index in [4.69, 9.17) is 5.73 Å². The number of hydrogen-bond acceptors (Lipinski definition) is 4. The van der Waals surface area contributed by atoms with Gasteiger partial charge in [0, 0.05) is 5.56 Å². The lowest BCUT2D eigenvalue weighted by molar-refractivity contribution is -0.142. The van der Waals surface area contributed by atoms with Crippen molar-refractivity contribution in [2.75, 3.05) is 7.11 Å². The van der Waals surface area contributed by atoms with Crippen LogP contribution in [0.4, 0.5) is 4.39 Å². The SMILES string of the molecule is COC(=O)[C@H](N)c1cc(F)cc(Br)c1O. The molecule has 1 rings (SSSR count). The zero-order chi connectivity index (χ0) is 11.6. The smallest absolute Gasteiger partial charge is 0.327 e. The molecule has 0 unspecified atom stereocenters. The van der Waals surface area contributed by atoms with Gasteiger partial charge in [0.2, 0.25) is 0 Å². The highest BCUT2D eigenvalue weighted by Gasteiger charge is 2.22. The second-order valence-electron chi connectivity index (χ2n) is 2.83. The molecule has 82 valence electrons. The molecule has 4 nitrogen and oxygen atoms in total. The van der Waals surface area contributed by atoms with Gasteiger partial charge >= 0.3 is 5.97 Å². The molecule has 6 heteroatoms. The van der Waals surface area contributed by atoms with Crippen LogP contribution in [0, 0.1) is 5.82 Å². The zero-order valence-corrected chi connectivity index (χ0v) is 9.42. The summed E-state index contributed by atoms with van der Waals surface area (Å²) < 4.78 is 17.5. The molecule has 0 aliphatic heterocycles. The van der Waals surface area contributed by atoms with Crippen LogP contribution in [0.1, 0.15) is 11.6 Å². The Bertz CT molecular complexity index is 397. The van der Waals surface area contributed by atoms with Crippen LogP contribution in [-0.2, 0) is 9.53 Å². The highest BCUT2D eigenvalue weighted by molar-refractivity contribution is 9.10. The fourth-order valence-electron chi connectivity index (χ4n) is 1.08. The molecular weight excluding hydrogens is 269 g/mol. The van der Waals surface area contributed by atoms with Gasteiger partial charge in [0.1, 0.15) is 17.6 Å². The van der Waals surface area contributed by atoms with Gasteiger partial charge in [-0.15, -0.1) is 0 Å². The summed E-state index contributed by atoms with van der Waals surface area (Å²) in [4.78, 5) is 11.1. The van der Waals surface area contributed by atoms with Crippen LogP contribution in [0.2, 0.25) is 0 Å². The predicted molar refractivity (Wildman–Crippen MR) is 54.7 cm³/mol. The molecule has 0 amide bonds. The molecule has 15 heavy (non-hydrogen) atoms. The van der Waals surface area contributed by atoms with Crippen molar-refractivity contribution in [1.82, 2.24) is 0 Å². The van der Waals surface area contributed by atoms with E-state index in [1.165, 1.54) is 0 Å². The van der Waals surface area contributed by atoms with Crippen molar-refractivity contribution in [2.45, 2.75) is 6.04 Å². The maximum Gasteiger partial charge on any atom is 0.327 e. The molecule has 0 spiro atoms. The molecular formula is C9H9BrFNO3. The number of phenolic OH excluding ortho intramolecular Hbond substituents is 1. The fraction of sp³-hybridized carbons (Fsp3) is 0.222. The second-order valence-corrected chi connectivity index (χ2v) is 3.68. The third-order valence-corrected chi connectivity index (χ3v) is 2.45. The molecule has 3 N–H and O–H groups in total. The Hall–Kier alpha value is -1.14. The van der Waals surface area contributed by atoms with Gasteiger partial charge in [-0.3, -0.25) is 4.79 Å². The normalized spacial score (nSPS) is 12.3. The van der Waals surface area contributed by atoms with E-state index in [0.717, 1.165) is 19.2 Å². The van der Waals surface area contributed by atoms with E-state index >= 15 is 0 Å². The first-order chi connectivity index (χ1) is 6.97. The van der Waals surface area contributed by atoms with Crippen molar-refractivity contribution in [2.24, 2.45) is 5.73 Å². The Kier molecular flexibility index (Phi) is 3.65. The van der Waals surface area contributed by atoms with Gasteiger partial charge in [0.25, 0.3) is 0 Å². The largest absolute Gasteiger partial charge is 0.506 e. The summed E-state index contributed by atoms with van der Waals surface area (Å²) in [7, 11) is 1.16. The summed E-state index contributed by atoms with van der Waals surface area (Å²) in [5, 5.41) is 9.54. The molecule has 0 bridgehead atoms. The number of carbonyl (C=O) groups is 1. The predicted octanol–water partition coefficient (Wildman–Crippen LogP) is 1.47. The molecule has 0 fully saturated rings. The number of esters is 1. The Morgan fingerprint density at radius 1 is 1.67 bits per heavy atom. The summed E-state index contributed by atoms with van der Waals surface area (Å²) in [6, 6.07) is 0.854. The van der Waals surface area contributed by atoms with Crippen LogP contribution in [0.15, 0.2) is 16.6 Å². The molecule has 0 radical (unpaired) electrons. The van der Waals surface area contributed by atoms with Crippen molar-refractivity contribution < 1.29 is 19.0 Å². The number of hydrogen-bond donors (Lipinski definition) is 2. The van der Waals surface area contributed by atoms with E-state index in [0.29, 0.717) is 0 Å². The monoisotopic (exact) mass is 277 g/mol. The maximum absolute atomic E-state index is 13.0. The summed E-state index contributed by atoms with van der Waals surface area (Å²) in [5.41, 5.74) is 5.45. The van der Waals surface area contributed by atoms with Crippen LogP contribution < -0.4 is 5.73 Å². The Morgan fingerprint density at radius 3 is 2.80 bits per heavy atom. The molecule has 1 aromatic rings. The van der Waals surface area contributed by atoms with Crippen molar-refractivity contribution in [3.8, 4) is 5.75 Å². The number of benzene rings is 1. The Morgan fingerprint density at radius 2 is 2.27 bits per heavy atom. The topological polar surface area (TPSA) is 72.5 Å². The van der Waals surface area contributed by atoms with E-state index in [2.05, 4.69) is 20.7 Å². The van der Waals surface area contributed by atoms with E-state index in [-0.39, 0.29) is 15.8 Å². The van der Waals surface area contributed by atoms with Crippen molar-refractivity contribution >= 4 is 21.9 Å². The first kappa shape index (κ1) is 11.9. The lowest BCUT2D eigenvalue weighted by Gasteiger charge is -2.12. The standard InChI is InChI=1S/C9H9BrFNO3/c1-15-9(14)7(12)5-2-4(11)3-6(10)8(5)13/h2-3,7,13H,12H2,1H3/t7-/m1/s1. The number of carbonyl (C=O) groups excluding carboxylic acids is 1. The number of rotatable bonds is 2. The van der Waals surface area contributed by atoms with Gasteiger partial charge < -0.3 is 15.6 Å². The van der Waals surface area contributed by atoms with Gasteiger partial charge in [-0.25, -0.2) is 4.39 Å². The van der Waals surface area contributed by atoms with Crippen LogP contribution in [-0.4, -0.2) is 18.2 Å². The first-order valence-electron chi connectivity index (χ1n) is 3.98. The fourth-order valence-corrected chi connectivity index (χ4v) is 1.52. The molecule has 0 saturated carbocycles. The molecule has 0 saturated heterocycles. The van der Waals surface area contributed by atoms with E-state index in [1.807, 2.05) is 0 Å². The zero-order valence-electron chi connectivity index (χ0n) is 7.83. The average Bonchev–Trinajstić information content (AvgIpc) is 2.21. The number of ether oxygens (including phenoxy) is 1. The van der Waals surface area contributed by atoms with Crippen LogP contribution >= 0.6 is 15.9 Å². The van der Waals surface area contributed by atoms with Crippen LogP contribution in [0.5, 0.6) is 5.75 Å². The minimum absolute atomic E-state index is 0.0197. The van der Waals surface area contributed by atoms with Crippen LogP contribution in [0.3, 0.4) is 0 Å². The van der Waals surface area contributed by atoms with Crippen LogP contribution in [0.25, 0.3) is 0 Å². The Labute approximate surface area is 94.0 Å². The van der Waals surface area contributed by atoms with Gasteiger partial charge in [0.15, 0.2) is 0 Å². The summed E-state index contributed by atoms with van der Waals surface area (Å²) in [6.45, 7) is 0. The maximum atomic E-state index is 13.0. The molecule has 0 aliphatic carbocycles. The molecule has 0 aromatic heterocycles. The van der Waals surface area contributed by atoms with Crippen molar-refractivity contribution in [1.29, 1.82) is 0 Å². The number of aromatic hydroxyl groups is 1. The summed E-state index contributed by atoms with van der Waals surface area (Å²) in [6.07, 6.45) is 0. The summed E-state index contributed by atoms with van der Waals surface area (Å²) >= 11 is 2.94. The first-order valence-corrected chi connectivity index (χ1v) is 4.78. The van der Waals surface area contributed by atoms with E-state index in [9.17, 15) is 14.3 Å². The van der Waals surface area contributed by atoms with Crippen molar-refractivity contribution in [3.05, 3.63) is 28.0 Å². The van der Waals surface area contributed by atoms with Gasteiger partial charge in [-0.2, -0.15) is 0 Å². The van der Waals surface area contributed by atoms with Crippen molar-refractivity contribution in [3.63, 3.8) is 0 Å². The quantitative estimate of drug-likeness (QED) is 0.803. The highest BCUT2D eigenvalue weighted by atomic mass is 79.9. The van der Waals surface area contributed by atoms with Gasteiger partial charge in [-0.1, -0.05) is 0 Å². The second kappa shape index (κ2) is 4.59. The minimum Gasteiger partial charge on any atom is -0.506 e. The third kappa shape index (κ3) is 2.45. The van der Waals surface area contributed by atoms with Gasteiger partial charge in [0.05, 0.1) is 11.6 Å². The van der Waals surface area contributed by atoms with Gasteiger partial charge in [-0.05, 0) is 28.1 Å². The number of methoxy groups -OCH3 is 1. The lowest BCUT2D eigenvalue weighted by Crippen LogP contribution is -2.22.